The number of rotatable bonds is 4. The molecule has 2 atom stereocenters. The Morgan fingerprint density at radius 2 is 2.33 bits per heavy atom. The van der Waals surface area contributed by atoms with Crippen LogP contribution in [-0.4, -0.2) is 32.3 Å². The van der Waals surface area contributed by atoms with Gasteiger partial charge in [0.25, 0.3) is 0 Å². The zero-order valence-corrected chi connectivity index (χ0v) is 12.6. The topological polar surface area (TPSA) is 38.5 Å². The van der Waals surface area contributed by atoms with Crippen LogP contribution in [0.5, 0.6) is 0 Å². The molecule has 0 aromatic heterocycles. The third kappa shape index (κ3) is 3.25. The third-order valence-electron chi connectivity index (χ3n) is 3.40. The van der Waals surface area contributed by atoms with E-state index >= 15 is 0 Å². The predicted octanol–water partition coefficient (Wildman–Crippen LogP) is 2.56. The summed E-state index contributed by atoms with van der Waals surface area (Å²) in [5.74, 6) is 0. The van der Waals surface area contributed by atoms with E-state index in [4.69, 9.17) is 10.5 Å². The van der Waals surface area contributed by atoms with E-state index in [1.54, 1.807) is 7.11 Å². The molecule has 4 heteroatoms. The summed E-state index contributed by atoms with van der Waals surface area (Å²) in [5, 5.41) is 0. The van der Waals surface area contributed by atoms with Crippen molar-refractivity contribution in [2.45, 2.75) is 31.9 Å². The van der Waals surface area contributed by atoms with Gasteiger partial charge < -0.3 is 15.4 Å². The lowest BCUT2D eigenvalue weighted by Crippen LogP contribution is -2.25. The first kappa shape index (κ1) is 13.8. The van der Waals surface area contributed by atoms with Crippen LogP contribution in [0.25, 0.3) is 0 Å². The van der Waals surface area contributed by atoms with Gasteiger partial charge in [-0.3, -0.25) is 0 Å². The molecular formula is C14H21BrN2O. The van der Waals surface area contributed by atoms with Gasteiger partial charge in [-0.2, -0.15) is 0 Å². The van der Waals surface area contributed by atoms with E-state index in [1.807, 2.05) is 6.92 Å². The minimum Gasteiger partial charge on any atom is -0.380 e. The molecule has 1 fully saturated rings. The lowest BCUT2D eigenvalue weighted by atomic mass is 10.0. The van der Waals surface area contributed by atoms with E-state index in [9.17, 15) is 0 Å². The van der Waals surface area contributed by atoms with Gasteiger partial charge >= 0.3 is 0 Å². The van der Waals surface area contributed by atoms with Crippen LogP contribution in [0.1, 0.15) is 18.9 Å². The molecule has 0 radical (unpaired) electrons. The molecule has 1 heterocycles. The number of methoxy groups -OCH3 is 1. The number of benzene rings is 1. The van der Waals surface area contributed by atoms with Gasteiger partial charge in [0.05, 0.1) is 6.10 Å². The lowest BCUT2D eigenvalue weighted by molar-refractivity contribution is 0.121. The summed E-state index contributed by atoms with van der Waals surface area (Å²) in [6.07, 6.45) is 2.37. The van der Waals surface area contributed by atoms with Crippen LogP contribution >= 0.6 is 15.9 Å². The Bertz CT molecular complexity index is 409. The molecule has 0 amide bonds. The van der Waals surface area contributed by atoms with Crippen molar-refractivity contribution in [1.29, 1.82) is 0 Å². The largest absolute Gasteiger partial charge is 0.380 e. The monoisotopic (exact) mass is 312 g/mol. The molecule has 1 saturated heterocycles. The maximum absolute atomic E-state index is 5.94. The average molecular weight is 313 g/mol. The first-order valence-electron chi connectivity index (χ1n) is 6.42. The Kier molecular flexibility index (Phi) is 4.65. The smallest absolute Gasteiger partial charge is 0.0762 e. The summed E-state index contributed by atoms with van der Waals surface area (Å²) in [5.41, 5.74) is 8.55. The molecule has 2 unspecified atom stereocenters. The molecule has 1 aromatic carbocycles. The van der Waals surface area contributed by atoms with Crippen LogP contribution in [-0.2, 0) is 11.2 Å². The van der Waals surface area contributed by atoms with Crippen LogP contribution < -0.4 is 10.6 Å². The van der Waals surface area contributed by atoms with E-state index in [2.05, 4.69) is 39.0 Å². The molecule has 18 heavy (non-hydrogen) atoms. The highest BCUT2D eigenvalue weighted by Crippen LogP contribution is 2.29. The Balaban J connectivity index is 2.21. The number of hydrogen-bond donors (Lipinski definition) is 1. The van der Waals surface area contributed by atoms with Gasteiger partial charge in [0.15, 0.2) is 0 Å². The maximum Gasteiger partial charge on any atom is 0.0762 e. The minimum atomic E-state index is 0.180. The molecule has 2 N–H and O–H groups in total. The standard InChI is InChI=1S/C14H21BrN2O/c1-10(16)7-11-8-12(15)3-4-14(11)17-6-5-13(9-17)18-2/h3-4,8,10,13H,5-7,9,16H2,1-2H3. The fraction of sp³-hybridized carbons (Fsp3) is 0.571. The molecule has 0 bridgehead atoms. The number of nitrogens with two attached hydrogens (primary N) is 1. The van der Waals surface area contributed by atoms with Crippen molar-refractivity contribution in [3.63, 3.8) is 0 Å². The number of nitrogens with zero attached hydrogens (tertiary/aromatic N) is 1. The fourth-order valence-corrected chi connectivity index (χ4v) is 2.92. The van der Waals surface area contributed by atoms with Crippen molar-refractivity contribution in [2.24, 2.45) is 5.73 Å². The Labute approximate surface area is 117 Å². The molecule has 0 saturated carbocycles. The second-order valence-corrected chi connectivity index (χ2v) is 5.96. The van der Waals surface area contributed by atoms with Crippen LogP contribution in [0.4, 0.5) is 5.69 Å². The van der Waals surface area contributed by atoms with Crippen molar-refractivity contribution >= 4 is 21.6 Å². The van der Waals surface area contributed by atoms with E-state index in [-0.39, 0.29) is 6.04 Å². The maximum atomic E-state index is 5.94. The van der Waals surface area contributed by atoms with E-state index < -0.39 is 0 Å². The van der Waals surface area contributed by atoms with Gasteiger partial charge in [0.2, 0.25) is 0 Å². The van der Waals surface area contributed by atoms with Crippen LogP contribution in [0.15, 0.2) is 22.7 Å². The first-order chi connectivity index (χ1) is 8.60. The number of halogens is 1. The van der Waals surface area contributed by atoms with Gasteiger partial charge in [-0.25, -0.2) is 0 Å². The van der Waals surface area contributed by atoms with Gasteiger partial charge in [0, 0.05) is 36.4 Å². The van der Waals surface area contributed by atoms with Crippen molar-refractivity contribution in [2.75, 3.05) is 25.1 Å². The third-order valence-corrected chi connectivity index (χ3v) is 3.90. The summed E-state index contributed by atoms with van der Waals surface area (Å²) in [6.45, 7) is 4.09. The Hall–Kier alpha value is -0.580. The van der Waals surface area contributed by atoms with E-state index in [0.717, 1.165) is 30.4 Å². The zero-order valence-electron chi connectivity index (χ0n) is 11.0. The molecule has 100 valence electrons. The quantitative estimate of drug-likeness (QED) is 0.928. The molecule has 1 aliphatic rings. The first-order valence-corrected chi connectivity index (χ1v) is 7.21. The zero-order chi connectivity index (χ0) is 13.1. The number of hydrogen-bond acceptors (Lipinski definition) is 3. The summed E-state index contributed by atoms with van der Waals surface area (Å²) in [6, 6.07) is 6.64. The van der Waals surface area contributed by atoms with Gasteiger partial charge in [0.1, 0.15) is 0 Å². The highest BCUT2D eigenvalue weighted by Gasteiger charge is 2.24. The SMILES string of the molecule is COC1CCN(c2ccc(Br)cc2CC(C)N)C1. The molecular weight excluding hydrogens is 292 g/mol. The number of ether oxygens (including phenoxy) is 1. The van der Waals surface area contributed by atoms with Crippen molar-refractivity contribution < 1.29 is 4.74 Å². The molecule has 3 nitrogen and oxygen atoms in total. The van der Waals surface area contributed by atoms with Gasteiger partial charge in [-0.1, -0.05) is 15.9 Å². The van der Waals surface area contributed by atoms with Crippen molar-refractivity contribution in [3.05, 3.63) is 28.2 Å². The second-order valence-electron chi connectivity index (χ2n) is 5.05. The van der Waals surface area contributed by atoms with Gasteiger partial charge in [-0.15, -0.1) is 0 Å². The van der Waals surface area contributed by atoms with Crippen LogP contribution in [0.2, 0.25) is 0 Å². The molecule has 0 spiro atoms. The highest BCUT2D eigenvalue weighted by atomic mass is 79.9. The van der Waals surface area contributed by atoms with Gasteiger partial charge in [-0.05, 0) is 43.5 Å². The van der Waals surface area contributed by atoms with Crippen LogP contribution in [0, 0.1) is 0 Å². The second kappa shape index (κ2) is 6.04. The lowest BCUT2D eigenvalue weighted by Gasteiger charge is -2.23. The molecule has 1 aromatic rings. The summed E-state index contributed by atoms with van der Waals surface area (Å²) < 4.78 is 6.55. The summed E-state index contributed by atoms with van der Waals surface area (Å²) in [7, 11) is 1.79. The van der Waals surface area contributed by atoms with Crippen molar-refractivity contribution in [1.82, 2.24) is 0 Å². The van der Waals surface area contributed by atoms with Crippen molar-refractivity contribution in [3.8, 4) is 0 Å². The predicted molar refractivity (Wildman–Crippen MR) is 79.1 cm³/mol. The summed E-state index contributed by atoms with van der Waals surface area (Å²) >= 11 is 3.54. The average Bonchev–Trinajstić information content (AvgIpc) is 2.77. The number of anilines is 1. The van der Waals surface area contributed by atoms with E-state index in [1.165, 1.54) is 11.3 Å². The summed E-state index contributed by atoms with van der Waals surface area (Å²) in [4.78, 5) is 2.40. The Morgan fingerprint density at radius 3 is 2.94 bits per heavy atom. The highest BCUT2D eigenvalue weighted by molar-refractivity contribution is 9.10. The molecule has 0 aliphatic carbocycles. The van der Waals surface area contributed by atoms with Crippen LogP contribution in [0.3, 0.4) is 0 Å². The normalized spacial score (nSPS) is 21.3. The fourth-order valence-electron chi connectivity index (χ4n) is 2.51. The Morgan fingerprint density at radius 1 is 1.56 bits per heavy atom. The molecule has 2 rings (SSSR count). The molecule has 1 aliphatic heterocycles. The minimum absolute atomic E-state index is 0.180. The van der Waals surface area contributed by atoms with E-state index in [0.29, 0.717) is 6.10 Å².